The standard InChI is InChI=1S/C19H28N4OS2/c1-3-22(4-2)11-12-23(14-15-8-7-13-25-15)19(24)21-18-20-16-9-5-6-10-17(16)26-18/h7-8,13H,3-6,9-12,14H2,1-2H3,(H,20,21,24). The number of carbonyl (C=O) groups is 1. The first-order valence-electron chi connectivity index (χ1n) is 9.48. The lowest BCUT2D eigenvalue weighted by molar-refractivity contribution is 0.195. The zero-order chi connectivity index (χ0) is 18.4. The molecule has 7 heteroatoms. The number of hydrogen-bond acceptors (Lipinski definition) is 5. The summed E-state index contributed by atoms with van der Waals surface area (Å²) in [5.41, 5.74) is 1.18. The lowest BCUT2D eigenvalue weighted by atomic mass is 10.0. The zero-order valence-electron chi connectivity index (χ0n) is 15.7. The third kappa shape index (κ3) is 5.05. The minimum atomic E-state index is -0.0448. The van der Waals surface area contributed by atoms with Crippen LogP contribution in [0.2, 0.25) is 0 Å². The average Bonchev–Trinajstić information content (AvgIpc) is 3.30. The van der Waals surface area contributed by atoms with Gasteiger partial charge in [-0.3, -0.25) is 5.32 Å². The van der Waals surface area contributed by atoms with Gasteiger partial charge in [0.15, 0.2) is 5.13 Å². The summed E-state index contributed by atoms with van der Waals surface area (Å²) in [6.07, 6.45) is 4.59. The lowest BCUT2D eigenvalue weighted by Crippen LogP contribution is -2.40. The van der Waals surface area contributed by atoms with Crippen LogP contribution in [0.4, 0.5) is 9.93 Å². The summed E-state index contributed by atoms with van der Waals surface area (Å²) in [5.74, 6) is 0. The van der Waals surface area contributed by atoms with Crippen molar-refractivity contribution in [1.82, 2.24) is 14.8 Å². The molecule has 2 amide bonds. The van der Waals surface area contributed by atoms with Gasteiger partial charge in [-0.2, -0.15) is 0 Å². The van der Waals surface area contributed by atoms with E-state index in [1.165, 1.54) is 28.3 Å². The maximum absolute atomic E-state index is 12.9. The molecule has 0 atom stereocenters. The fourth-order valence-electron chi connectivity index (χ4n) is 3.22. The van der Waals surface area contributed by atoms with Crippen LogP contribution in [0.15, 0.2) is 17.5 Å². The van der Waals surface area contributed by atoms with Crippen LogP contribution in [0.1, 0.15) is 42.1 Å². The molecule has 0 aliphatic heterocycles. The van der Waals surface area contributed by atoms with Crippen LogP contribution < -0.4 is 5.32 Å². The minimum absolute atomic E-state index is 0.0448. The van der Waals surface area contributed by atoms with Gasteiger partial charge in [-0.15, -0.1) is 22.7 Å². The fraction of sp³-hybridized carbons (Fsp3) is 0.579. The molecular formula is C19H28N4OS2. The number of nitrogens with one attached hydrogen (secondary N) is 1. The predicted octanol–water partition coefficient (Wildman–Crippen LogP) is 4.46. The average molecular weight is 393 g/mol. The highest BCUT2D eigenvalue weighted by Crippen LogP contribution is 2.29. The Labute approximate surface area is 164 Å². The maximum Gasteiger partial charge on any atom is 0.324 e. The van der Waals surface area contributed by atoms with Crippen LogP contribution >= 0.6 is 22.7 Å². The molecule has 2 aromatic heterocycles. The Balaban J connectivity index is 1.65. The van der Waals surface area contributed by atoms with Crippen LogP contribution in [-0.2, 0) is 19.4 Å². The first kappa shape index (κ1) is 19.3. The van der Waals surface area contributed by atoms with E-state index in [2.05, 4.69) is 40.5 Å². The van der Waals surface area contributed by atoms with Crippen molar-refractivity contribution in [2.75, 3.05) is 31.5 Å². The van der Waals surface area contributed by atoms with Gasteiger partial charge >= 0.3 is 6.03 Å². The number of nitrogens with zero attached hydrogens (tertiary/aromatic N) is 3. The van der Waals surface area contributed by atoms with E-state index in [1.807, 2.05) is 11.0 Å². The smallest absolute Gasteiger partial charge is 0.318 e. The first-order chi connectivity index (χ1) is 12.7. The maximum atomic E-state index is 12.9. The summed E-state index contributed by atoms with van der Waals surface area (Å²) in [5, 5.41) is 5.86. The molecule has 0 aromatic carbocycles. The van der Waals surface area contributed by atoms with E-state index in [4.69, 9.17) is 0 Å². The van der Waals surface area contributed by atoms with Gasteiger partial charge in [-0.05, 0) is 50.2 Å². The normalized spacial score (nSPS) is 13.7. The number of aromatic nitrogens is 1. The Morgan fingerprint density at radius 1 is 1.23 bits per heavy atom. The number of hydrogen-bond donors (Lipinski definition) is 1. The predicted molar refractivity (Wildman–Crippen MR) is 110 cm³/mol. The van der Waals surface area contributed by atoms with Crippen molar-refractivity contribution < 1.29 is 4.79 Å². The molecule has 2 heterocycles. The van der Waals surface area contributed by atoms with E-state index in [-0.39, 0.29) is 6.03 Å². The van der Waals surface area contributed by atoms with Crippen molar-refractivity contribution in [2.24, 2.45) is 0 Å². The van der Waals surface area contributed by atoms with Crippen molar-refractivity contribution in [3.63, 3.8) is 0 Å². The molecule has 1 aliphatic carbocycles. The van der Waals surface area contributed by atoms with Gasteiger partial charge in [-0.25, -0.2) is 9.78 Å². The van der Waals surface area contributed by atoms with Gasteiger partial charge < -0.3 is 9.80 Å². The third-order valence-corrected chi connectivity index (χ3v) is 6.79. The second-order valence-corrected chi connectivity index (χ2v) is 8.67. The Morgan fingerprint density at radius 3 is 2.73 bits per heavy atom. The van der Waals surface area contributed by atoms with Crippen molar-refractivity contribution in [1.29, 1.82) is 0 Å². The van der Waals surface area contributed by atoms with Gasteiger partial charge in [0, 0.05) is 22.8 Å². The Hall–Kier alpha value is -1.44. The summed E-state index contributed by atoms with van der Waals surface area (Å²) in [6, 6.07) is 4.08. The molecular weight excluding hydrogens is 364 g/mol. The molecule has 1 aliphatic rings. The molecule has 3 rings (SSSR count). The van der Waals surface area contributed by atoms with Crippen LogP contribution in [0.3, 0.4) is 0 Å². The zero-order valence-corrected chi connectivity index (χ0v) is 17.3. The van der Waals surface area contributed by atoms with E-state index in [1.54, 1.807) is 22.7 Å². The molecule has 5 nitrogen and oxygen atoms in total. The van der Waals surface area contributed by atoms with Crippen molar-refractivity contribution in [2.45, 2.75) is 46.1 Å². The Morgan fingerprint density at radius 2 is 2.04 bits per heavy atom. The minimum Gasteiger partial charge on any atom is -0.318 e. The van der Waals surface area contributed by atoms with E-state index >= 15 is 0 Å². The molecule has 0 saturated carbocycles. The first-order valence-corrected chi connectivity index (χ1v) is 11.2. The van der Waals surface area contributed by atoms with Crippen LogP contribution in [-0.4, -0.2) is 47.0 Å². The number of anilines is 1. The van der Waals surface area contributed by atoms with Gasteiger partial charge in [-0.1, -0.05) is 19.9 Å². The van der Waals surface area contributed by atoms with Crippen molar-refractivity contribution >= 4 is 33.8 Å². The highest BCUT2D eigenvalue weighted by molar-refractivity contribution is 7.15. The van der Waals surface area contributed by atoms with Crippen molar-refractivity contribution in [3.05, 3.63) is 33.0 Å². The highest BCUT2D eigenvalue weighted by Gasteiger charge is 2.20. The van der Waals surface area contributed by atoms with E-state index in [0.29, 0.717) is 6.54 Å². The largest absolute Gasteiger partial charge is 0.324 e. The quantitative estimate of drug-likeness (QED) is 0.721. The summed E-state index contributed by atoms with van der Waals surface area (Å²) in [6.45, 7) is 8.58. The SMILES string of the molecule is CCN(CC)CCN(Cc1cccs1)C(=O)Nc1nc2c(s1)CCCC2. The summed E-state index contributed by atoms with van der Waals surface area (Å²) < 4.78 is 0. The number of thiophene rings is 1. The molecule has 2 aromatic rings. The molecule has 0 fully saturated rings. The van der Waals surface area contributed by atoms with Crippen molar-refractivity contribution in [3.8, 4) is 0 Å². The van der Waals surface area contributed by atoms with E-state index in [9.17, 15) is 4.79 Å². The molecule has 0 saturated heterocycles. The summed E-state index contributed by atoms with van der Waals surface area (Å²) in [4.78, 5) is 24.4. The van der Waals surface area contributed by atoms with E-state index in [0.717, 1.165) is 44.2 Å². The Kier molecular flexibility index (Phi) is 7.05. The summed E-state index contributed by atoms with van der Waals surface area (Å²) in [7, 11) is 0. The number of urea groups is 1. The molecule has 0 unspecified atom stereocenters. The number of aryl methyl sites for hydroxylation is 2. The van der Waals surface area contributed by atoms with E-state index < -0.39 is 0 Å². The second-order valence-electron chi connectivity index (χ2n) is 6.55. The summed E-state index contributed by atoms with van der Waals surface area (Å²) >= 11 is 3.34. The van der Waals surface area contributed by atoms with Gasteiger partial charge in [0.05, 0.1) is 12.2 Å². The molecule has 142 valence electrons. The van der Waals surface area contributed by atoms with Crippen LogP contribution in [0.25, 0.3) is 0 Å². The monoisotopic (exact) mass is 392 g/mol. The number of rotatable bonds is 8. The molecule has 0 radical (unpaired) electrons. The topological polar surface area (TPSA) is 48.5 Å². The molecule has 0 bridgehead atoms. The number of thiazole rings is 1. The number of likely N-dealkylation sites (N-methyl/N-ethyl adjacent to an activating group) is 1. The molecule has 1 N–H and O–H groups in total. The van der Waals surface area contributed by atoms with Gasteiger partial charge in [0.2, 0.25) is 0 Å². The third-order valence-electron chi connectivity index (χ3n) is 4.85. The Bertz CT molecular complexity index is 671. The number of carbonyl (C=O) groups excluding carboxylic acids is 1. The number of amides is 2. The van der Waals surface area contributed by atoms with Gasteiger partial charge in [0.1, 0.15) is 0 Å². The molecule has 26 heavy (non-hydrogen) atoms. The fourth-order valence-corrected chi connectivity index (χ4v) is 4.98. The molecule has 0 spiro atoms. The second kappa shape index (κ2) is 9.48. The van der Waals surface area contributed by atoms with Gasteiger partial charge in [0.25, 0.3) is 0 Å². The highest BCUT2D eigenvalue weighted by atomic mass is 32.1. The lowest BCUT2D eigenvalue weighted by Gasteiger charge is -2.26. The van der Waals surface area contributed by atoms with Crippen LogP contribution in [0.5, 0.6) is 0 Å². The number of fused-ring (bicyclic) bond motifs is 1. The van der Waals surface area contributed by atoms with Crippen LogP contribution in [0, 0.1) is 0 Å².